The first-order valence-corrected chi connectivity index (χ1v) is 14.0. The fourth-order valence-corrected chi connectivity index (χ4v) is 4.79. The minimum Gasteiger partial charge on any atom is -0.360 e. The topological polar surface area (TPSA) is 62.2 Å². The van der Waals surface area contributed by atoms with E-state index in [2.05, 4.69) is 29.8 Å². The molecule has 0 bridgehead atoms. The van der Waals surface area contributed by atoms with Crippen LogP contribution in [0.5, 0.6) is 0 Å². The lowest BCUT2D eigenvalue weighted by molar-refractivity contribution is -0.00107. The van der Waals surface area contributed by atoms with E-state index in [1.54, 1.807) is 4.31 Å². The van der Waals surface area contributed by atoms with Crippen LogP contribution in [0.25, 0.3) is 0 Å². The molecule has 0 aliphatic carbocycles. The molecule has 1 unspecified atom stereocenters. The second-order valence-electron chi connectivity index (χ2n) is 7.89. The maximum Gasteiger partial charge on any atom is 0.211 e. The van der Waals surface area contributed by atoms with E-state index in [-0.39, 0.29) is 0 Å². The molecule has 23 heavy (non-hydrogen) atoms. The predicted molar refractivity (Wildman–Crippen MR) is 96.8 cm³/mol. The number of hydrogen-bond donors (Lipinski definition) is 0. The molecule has 0 N–H and O–H groups in total. The summed E-state index contributed by atoms with van der Waals surface area (Å²) >= 11 is 0. The summed E-state index contributed by atoms with van der Waals surface area (Å²) in [4.78, 5) is 0. The molecule has 0 radical (unpaired) electrons. The van der Waals surface area contributed by atoms with Crippen LogP contribution in [-0.4, -0.2) is 70.7 Å². The van der Waals surface area contributed by atoms with Gasteiger partial charge in [0.2, 0.25) is 10.0 Å². The Morgan fingerprint density at radius 2 is 1.91 bits per heavy atom. The zero-order valence-corrected chi connectivity index (χ0v) is 16.7. The molecule has 2 aliphatic rings. The van der Waals surface area contributed by atoms with E-state index >= 15 is 0 Å². The normalized spacial score (nSPS) is 24.5. The zero-order valence-electron chi connectivity index (χ0n) is 14.9. The van der Waals surface area contributed by atoms with Crippen LogP contribution in [0.3, 0.4) is 0 Å². The highest BCUT2D eigenvalue weighted by molar-refractivity contribution is 7.88. The van der Waals surface area contributed by atoms with Gasteiger partial charge in [-0.05, 0) is 24.8 Å². The first kappa shape index (κ1) is 18.9. The van der Waals surface area contributed by atoms with Crippen LogP contribution in [0.2, 0.25) is 25.7 Å². The largest absolute Gasteiger partial charge is 0.360 e. The van der Waals surface area contributed by atoms with Crippen molar-refractivity contribution in [3.63, 3.8) is 0 Å². The van der Waals surface area contributed by atoms with Gasteiger partial charge in [0.25, 0.3) is 0 Å². The molecule has 0 aromatic rings. The molecule has 1 atom stereocenters. The predicted octanol–water partition coefficient (Wildman–Crippen LogP) is 2.03. The van der Waals surface area contributed by atoms with E-state index in [4.69, 9.17) is 4.74 Å². The molecule has 0 aromatic heterocycles. The maximum atomic E-state index is 11.6. The molecule has 2 heterocycles. The van der Waals surface area contributed by atoms with Gasteiger partial charge in [-0.25, -0.2) is 12.7 Å². The van der Waals surface area contributed by atoms with Gasteiger partial charge >= 0.3 is 0 Å². The molecule has 0 spiro atoms. The van der Waals surface area contributed by atoms with Gasteiger partial charge in [0, 0.05) is 40.4 Å². The highest BCUT2D eigenvalue weighted by atomic mass is 32.2. The van der Waals surface area contributed by atoms with E-state index in [0.717, 1.165) is 25.9 Å². The number of ether oxygens (including phenoxy) is 1. The van der Waals surface area contributed by atoms with Crippen LogP contribution in [0, 0.1) is 5.92 Å². The highest BCUT2D eigenvalue weighted by Gasteiger charge is 2.34. The molecule has 8 heteroatoms. The summed E-state index contributed by atoms with van der Waals surface area (Å²) in [6, 6.07) is 1.53. The molecule has 6 nitrogen and oxygen atoms in total. The fourth-order valence-electron chi connectivity index (χ4n) is 3.16. The van der Waals surface area contributed by atoms with E-state index in [1.165, 1.54) is 12.3 Å². The van der Waals surface area contributed by atoms with Gasteiger partial charge in [-0.15, -0.1) is 0 Å². The zero-order chi connectivity index (χ0) is 17.1. The van der Waals surface area contributed by atoms with E-state index in [1.807, 2.05) is 6.21 Å². The lowest BCUT2D eigenvalue weighted by Gasteiger charge is -2.36. The first-order valence-electron chi connectivity index (χ1n) is 8.49. The third-order valence-electron chi connectivity index (χ3n) is 4.69. The number of rotatable bonds is 7. The summed E-state index contributed by atoms with van der Waals surface area (Å²) in [7, 11) is -4.10. The molecule has 0 amide bonds. The second kappa shape index (κ2) is 7.63. The van der Waals surface area contributed by atoms with Gasteiger partial charge in [0.05, 0.1) is 12.3 Å². The Morgan fingerprint density at radius 1 is 1.26 bits per heavy atom. The summed E-state index contributed by atoms with van der Waals surface area (Å²) in [5.74, 6) is 0.496. The van der Waals surface area contributed by atoms with Crippen molar-refractivity contribution in [3.8, 4) is 0 Å². The maximum absolute atomic E-state index is 11.6. The highest BCUT2D eigenvalue weighted by Crippen LogP contribution is 2.29. The molecule has 1 saturated heterocycles. The molecular weight excluding hydrogens is 330 g/mol. The molecule has 1 fully saturated rings. The lowest BCUT2D eigenvalue weighted by atomic mass is 9.89. The van der Waals surface area contributed by atoms with Gasteiger partial charge in [-0.1, -0.05) is 19.6 Å². The molecule has 2 rings (SSSR count). The summed E-state index contributed by atoms with van der Waals surface area (Å²) < 4.78 is 30.6. The Balaban J connectivity index is 1.77. The van der Waals surface area contributed by atoms with Crippen LogP contribution in [0.15, 0.2) is 5.10 Å². The first-order chi connectivity index (χ1) is 10.7. The standard InChI is InChI=1S/C15H31N3O3SSi/c1-22(19,20)17-9-6-14(7-10-17)15-5-8-16-18(15)13-21-11-12-23(2,3)4/h8,14-15H,5-7,9-13H2,1-4H3. The van der Waals surface area contributed by atoms with Crippen LogP contribution < -0.4 is 0 Å². The van der Waals surface area contributed by atoms with Crippen molar-refractivity contribution in [2.45, 2.75) is 51.0 Å². The van der Waals surface area contributed by atoms with E-state index < -0.39 is 18.1 Å². The van der Waals surface area contributed by atoms with Crippen molar-refractivity contribution >= 4 is 24.3 Å². The van der Waals surface area contributed by atoms with Gasteiger partial charge in [0.1, 0.15) is 6.73 Å². The summed E-state index contributed by atoms with van der Waals surface area (Å²) in [6.07, 6.45) is 6.03. The summed E-state index contributed by atoms with van der Waals surface area (Å²) in [5, 5.41) is 6.52. The Kier molecular flexibility index (Phi) is 6.26. The monoisotopic (exact) mass is 361 g/mol. The Bertz CT molecular complexity index is 511. The van der Waals surface area contributed by atoms with Crippen molar-refractivity contribution < 1.29 is 13.2 Å². The van der Waals surface area contributed by atoms with Gasteiger partial charge in [-0.3, -0.25) is 5.01 Å². The smallest absolute Gasteiger partial charge is 0.211 e. The number of piperidine rings is 1. The Hall–Kier alpha value is -0.443. The van der Waals surface area contributed by atoms with Crippen LogP contribution in [-0.2, 0) is 14.8 Å². The number of hydrogen-bond acceptors (Lipinski definition) is 5. The molecule has 0 saturated carbocycles. The lowest BCUT2D eigenvalue weighted by Crippen LogP contribution is -2.44. The third kappa shape index (κ3) is 5.85. The molecular formula is C15H31N3O3SSi. The van der Waals surface area contributed by atoms with Crippen molar-refractivity contribution in [3.05, 3.63) is 0 Å². The van der Waals surface area contributed by atoms with Gasteiger partial charge < -0.3 is 4.74 Å². The SMILES string of the molecule is C[Si](C)(C)CCOCN1N=CCC1C1CCN(S(C)(=O)=O)CC1. The fraction of sp³-hybridized carbons (Fsp3) is 0.933. The Labute approximate surface area is 141 Å². The Morgan fingerprint density at radius 3 is 2.48 bits per heavy atom. The minimum absolute atomic E-state index is 0.364. The molecule has 2 aliphatic heterocycles. The molecule has 0 aromatic carbocycles. The summed E-state index contributed by atoms with van der Waals surface area (Å²) in [6.45, 7) is 9.67. The van der Waals surface area contributed by atoms with Crippen LogP contribution >= 0.6 is 0 Å². The molecule has 134 valence electrons. The van der Waals surface area contributed by atoms with Crippen molar-refractivity contribution in [2.75, 3.05) is 32.7 Å². The number of hydrazone groups is 1. The van der Waals surface area contributed by atoms with Crippen molar-refractivity contribution in [1.29, 1.82) is 0 Å². The van der Waals surface area contributed by atoms with Crippen molar-refractivity contribution in [2.24, 2.45) is 11.0 Å². The number of nitrogens with zero attached hydrogens (tertiary/aromatic N) is 3. The van der Waals surface area contributed by atoms with E-state index in [0.29, 0.717) is 31.8 Å². The minimum atomic E-state index is -3.05. The average molecular weight is 362 g/mol. The number of sulfonamides is 1. The van der Waals surface area contributed by atoms with Crippen LogP contribution in [0.1, 0.15) is 19.3 Å². The quantitative estimate of drug-likeness (QED) is 0.514. The van der Waals surface area contributed by atoms with Gasteiger partial charge in [0.15, 0.2) is 0 Å². The van der Waals surface area contributed by atoms with Crippen LogP contribution in [0.4, 0.5) is 0 Å². The van der Waals surface area contributed by atoms with Gasteiger partial charge in [-0.2, -0.15) is 5.10 Å². The second-order valence-corrected chi connectivity index (χ2v) is 15.5. The third-order valence-corrected chi connectivity index (χ3v) is 7.70. The van der Waals surface area contributed by atoms with Crippen molar-refractivity contribution in [1.82, 2.24) is 9.31 Å². The average Bonchev–Trinajstić information content (AvgIpc) is 2.90. The summed E-state index contributed by atoms with van der Waals surface area (Å²) in [5.41, 5.74) is 0. The van der Waals surface area contributed by atoms with E-state index in [9.17, 15) is 8.42 Å².